The average Bonchev–Trinajstić information content (AvgIpc) is 3.01. The Balaban J connectivity index is 1.45. The van der Waals surface area contributed by atoms with E-state index >= 15 is 0 Å². The summed E-state index contributed by atoms with van der Waals surface area (Å²) in [6.07, 6.45) is 2.96. The van der Waals surface area contributed by atoms with Crippen LogP contribution in [0.15, 0.2) is 51.7 Å². The van der Waals surface area contributed by atoms with Crippen LogP contribution in [0.3, 0.4) is 0 Å². The highest BCUT2D eigenvalue weighted by Crippen LogP contribution is 2.34. The van der Waals surface area contributed by atoms with Crippen LogP contribution in [0.1, 0.15) is 31.7 Å². The molecule has 2 N–H and O–H groups in total. The summed E-state index contributed by atoms with van der Waals surface area (Å²) in [6.45, 7) is 0. The molecule has 3 aromatic rings. The van der Waals surface area contributed by atoms with Gasteiger partial charge in [-0.2, -0.15) is 0 Å². The number of H-pyrrole nitrogens is 1. The van der Waals surface area contributed by atoms with E-state index in [1.54, 1.807) is 12.1 Å². The highest BCUT2D eigenvalue weighted by Gasteiger charge is 2.29. The van der Waals surface area contributed by atoms with E-state index in [2.05, 4.69) is 26.2 Å². The van der Waals surface area contributed by atoms with Crippen molar-refractivity contribution in [3.05, 3.63) is 63.2 Å². The molecule has 4 rings (SSSR count). The van der Waals surface area contributed by atoms with Gasteiger partial charge in [0.15, 0.2) is 0 Å². The molecule has 0 aliphatic heterocycles. The summed E-state index contributed by atoms with van der Waals surface area (Å²) in [5.41, 5.74) is 2.17. The number of nitrogens with zero attached hydrogens (tertiary/aromatic N) is 1. The van der Waals surface area contributed by atoms with Crippen molar-refractivity contribution in [2.24, 2.45) is 5.92 Å². The standard InChI is InChI=1S/C20H19BrFN3O2/c21-16-2-1-3-17-18(16)24-20(27)25(17)15-10-4-12(5-11-15)19(26)23-14-8-6-13(22)7-9-14/h1-3,6-9,12,15H,4-5,10-11H2,(H,23,26)(H,24,27)/t12-,15+. The number of hydrogen-bond acceptors (Lipinski definition) is 2. The fourth-order valence-corrected chi connectivity index (χ4v) is 4.30. The predicted octanol–water partition coefficient (Wildman–Crippen LogP) is 4.60. The number of para-hydroxylation sites is 1. The Morgan fingerprint density at radius 3 is 2.52 bits per heavy atom. The minimum Gasteiger partial charge on any atom is -0.326 e. The number of amides is 1. The van der Waals surface area contributed by atoms with Gasteiger partial charge in [-0.15, -0.1) is 0 Å². The topological polar surface area (TPSA) is 66.9 Å². The molecule has 0 radical (unpaired) electrons. The molecule has 27 heavy (non-hydrogen) atoms. The number of fused-ring (bicyclic) bond motifs is 1. The first kappa shape index (κ1) is 18.0. The SMILES string of the molecule is O=c1[nH]c2c(Br)cccc2n1[C@H]1CC[C@@H](C(=O)Nc2ccc(F)cc2)CC1. The van der Waals surface area contributed by atoms with Crippen LogP contribution in [-0.2, 0) is 4.79 Å². The number of imidazole rings is 1. The van der Waals surface area contributed by atoms with Crippen LogP contribution in [0.5, 0.6) is 0 Å². The lowest BCUT2D eigenvalue weighted by molar-refractivity contribution is -0.121. The van der Waals surface area contributed by atoms with Crippen LogP contribution < -0.4 is 11.0 Å². The Labute approximate surface area is 163 Å². The lowest BCUT2D eigenvalue weighted by Gasteiger charge is -2.28. The van der Waals surface area contributed by atoms with Crippen molar-refractivity contribution in [1.29, 1.82) is 0 Å². The van der Waals surface area contributed by atoms with Gasteiger partial charge < -0.3 is 10.3 Å². The Hall–Kier alpha value is -2.41. The minimum atomic E-state index is -0.329. The second kappa shape index (κ2) is 7.31. The van der Waals surface area contributed by atoms with Gasteiger partial charge in [-0.3, -0.25) is 9.36 Å². The zero-order valence-electron chi connectivity index (χ0n) is 14.5. The maximum atomic E-state index is 13.0. The largest absolute Gasteiger partial charge is 0.326 e. The smallest absolute Gasteiger partial charge is 0.326 e. The monoisotopic (exact) mass is 431 g/mol. The van der Waals surface area contributed by atoms with E-state index < -0.39 is 0 Å². The molecule has 0 spiro atoms. The molecule has 0 unspecified atom stereocenters. The molecule has 0 bridgehead atoms. The van der Waals surface area contributed by atoms with Gasteiger partial charge in [-0.05, 0) is 78.0 Å². The molecular formula is C20H19BrFN3O2. The van der Waals surface area contributed by atoms with E-state index in [0.29, 0.717) is 18.5 Å². The number of benzene rings is 2. The van der Waals surface area contributed by atoms with Crippen molar-refractivity contribution < 1.29 is 9.18 Å². The Bertz CT molecular complexity index is 1030. The molecule has 1 amide bonds. The minimum absolute atomic E-state index is 0.0472. The van der Waals surface area contributed by atoms with E-state index in [9.17, 15) is 14.0 Å². The summed E-state index contributed by atoms with van der Waals surface area (Å²) in [7, 11) is 0. The molecule has 7 heteroatoms. The van der Waals surface area contributed by atoms with Gasteiger partial charge >= 0.3 is 5.69 Å². The number of rotatable bonds is 3. The van der Waals surface area contributed by atoms with E-state index in [4.69, 9.17) is 0 Å². The molecule has 1 saturated carbocycles. The molecule has 1 aliphatic rings. The molecule has 1 aromatic heterocycles. The van der Waals surface area contributed by atoms with Crippen molar-refractivity contribution in [2.45, 2.75) is 31.7 Å². The first-order chi connectivity index (χ1) is 13.0. The van der Waals surface area contributed by atoms with Gasteiger partial charge in [-0.1, -0.05) is 6.07 Å². The van der Waals surface area contributed by atoms with Crippen molar-refractivity contribution in [3.8, 4) is 0 Å². The Morgan fingerprint density at radius 1 is 1.11 bits per heavy atom. The summed E-state index contributed by atoms with van der Waals surface area (Å²) in [6, 6.07) is 11.6. The van der Waals surface area contributed by atoms with E-state index in [0.717, 1.165) is 28.3 Å². The molecule has 0 atom stereocenters. The zero-order valence-corrected chi connectivity index (χ0v) is 16.1. The van der Waals surface area contributed by atoms with Crippen LogP contribution in [0, 0.1) is 11.7 Å². The van der Waals surface area contributed by atoms with E-state index in [1.165, 1.54) is 12.1 Å². The number of hydrogen-bond donors (Lipinski definition) is 2. The van der Waals surface area contributed by atoms with Crippen molar-refractivity contribution in [1.82, 2.24) is 9.55 Å². The van der Waals surface area contributed by atoms with Crippen LogP contribution in [-0.4, -0.2) is 15.5 Å². The fourth-order valence-electron chi connectivity index (χ4n) is 3.85. The number of aromatic nitrogens is 2. The van der Waals surface area contributed by atoms with Gasteiger partial charge in [-0.25, -0.2) is 9.18 Å². The van der Waals surface area contributed by atoms with Gasteiger partial charge in [0.05, 0.1) is 11.0 Å². The van der Waals surface area contributed by atoms with Gasteiger partial charge in [0.1, 0.15) is 5.82 Å². The van der Waals surface area contributed by atoms with Gasteiger partial charge in [0, 0.05) is 22.1 Å². The highest BCUT2D eigenvalue weighted by atomic mass is 79.9. The number of nitrogens with one attached hydrogen (secondary N) is 2. The molecule has 2 aromatic carbocycles. The van der Waals surface area contributed by atoms with Gasteiger partial charge in [0.2, 0.25) is 5.91 Å². The number of halogens is 2. The highest BCUT2D eigenvalue weighted by molar-refractivity contribution is 9.10. The molecular weight excluding hydrogens is 413 g/mol. The predicted molar refractivity (Wildman–Crippen MR) is 106 cm³/mol. The van der Waals surface area contributed by atoms with Crippen molar-refractivity contribution in [2.75, 3.05) is 5.32 Å². The van der Waals surface area contributed by atoms with Crippen LogP contribution >= 0.6 is 15.9 Å². The summed E-state index contributed by atoms with van der Waals surface area (Å²) in [4.78, 5) is 27.8. The Kier molecular flexibility index (Phi) is 4.86. The number of anilines is 1. The summed E-state index contributed by atoms with van der Waals surface area (Å²) in [5.74, 6) is -0.475. The number of carbonyl (C=O) groups excluding carboxylic acids is 1. The second-order valence-corrected chi connectivity index (χ2v) is 7.79. The second-order valence-electron chi connectivity index (χ2n) is 6.94. The molecule has 1 fully saturated rings. The third-order valence-electron chi connectivity index (χ3n) is 5.25. The lowest BCUT2D eigenvalue weighted by Crippen LogP contribution is -2.31. The number of carbonyl (C=O) groups is 1. The lowest BCUT2D eigenvalue weighted by atomic mass is 9.85. The number of aromatic amines is 1. The molecule has 0 saturated heterocycles. The van der Waals surface area contributed by atoms with Crippen molar-refractivity contribution in [3.63, 3.8) is 0 Å². The Morgan fingerprint density at radius 2 is 1.81 bits per heavy atom. The fraction of sp³-hybridized carbons (Fsp3) is 0.300. The van der Waals surface area contributed by atoms with E-state index in [-0.39, 0.29) is 29.4 Å². The summed E-state index contributed by atoms with van der Waals surface area (Å²) in [5, 5.41) is 2.85. The molecule has 140 valence electrons. The first-order valence-corrected chi connectivity index (χ1v) is 9.77. The van der Waals surface area contributed by atoms with Crippen LogP contribution in [0.4, 0.5) is 10.1 Å². The average molecular weight is 432 g/mol. The summed E-state index contributed by atoms with van der Waals surface area (Å²) < 4.78 is 15.7. The quantitative estimate of drug-likeness (QED) is 0.635. The van der Waals surface area contributed by atoms with Crippen molar-refractivity contribution >= 4 is 38.6 Å². The molecule has 1 heterocycles. The van der Waals surface area contributed by atoms with Crippen LogP contribution in [0.25, 0.3) is 11.0 Å². The molecule has 5 nitrogen and oxygen atoms in total. The first-order valence-electron chi connectivity index (χ1n) is 8.98. The summed E-state index contributed by atoms with van der Waals surface area (Å²) >= 11 is 3.47. The maximum absolute atomic E-state index is 13.0. The normalized spacial score (nSPS) is 19.9. The van der Waals surface area contributed by atoms with Gasteiger partial charge in [0.25, 0.3) is 0 Å². The third-order valence-corrected chi connectivity index (χ3v) is 5.91. The maximum Gasteiger partial charge on any atom is 0.326 e. The molecule has 1 aliphatic carbocycles. The zero-order chi connectivity index (χ0) is 19.0. The van der Waals surface area contributed by atoms with E-state index in [1.807, 2.05) is 22.8 Å². The third kappa shape index (κ3) is 3.56. The van der Waals surface area contributed by atoms with Crippen LogP contribution in [0.2, 0.25) is 0 Å².